The van der Waals surface area contributed by atoms with Crippen molar-refractivity contribution in [1.29, 1.82) is 0 Å². The van der Waals surface area contributed by atoms with E-state index in [9.17, 15) is 9.59 Å². The molecule has 0 aromatic heterocycles. The molecule has 2 heterocycles. The zero-order chi connectivity index (χ0) is 10.3. The van der Waals surface area contributed by atoms with E-state index in [0.29, 0.717) is 0 Å². The molecule has 14 heavy (non-hydrogen) atoms. The van der Waals surface area contributed by atoms with Gasteiger partial charge in [0.1, 0.15) is 24.0 Å². The van der Waals surface area contributed by atoms with Crippen LogP contribution in [0.4, 0.5) is 0 Å². The van der Waals surface area contributed by atoms with Crippen LogP contribution in [0.2, 0.25) is 0 Å². The predicted molar refractivity (Wildman–Crippen MR) is 41.7 cm³/mol. The summed E-state index contributed by atoms with van der Waals surface area (Å²) in [4.78, 5) is 21.4. The van der Waals surface area contributed by atoms with Crippen LogP contribution in [-0.4, -0.2) is 47.6 Å². The molecule has 2 rings (SSSR count). The summed E-state index contributed by atoms with van der Waals surface area (Å²) in [5.41, 5.74) is 0. The predicted octanol–water partition coefficient (Wildman–Crippen LogP) is -0.814. The van der Waals surface area contributed by atoms with E-state index in [1.54, 1.807) is 0 Å². The Balaban J connectivity index is 2.11. The quantitative estimate of drug-likeness (QED) is 0.608. The molecule has 2 saturated heterocycles. The summed E-state index contributed by atoms with van der Waals surface area (Å²) in [6, 6.07) is 0. The minimum Gasteiger partial charge on any atom is -0.481 e. The second-order valence-corrected chi connectivity index (χ2v) is 3.49. The van der Waals surface area contributed by atoms with E-state index in [-0.39, 0.29) is 13.2 Å². The van der Waals surface area contributed by atoms with E-state index in [4.69, 9.17) is 19.7 Å². The van der Waals surface area contributed by atoms with Gasteiger partial charge in [0.2, 0.25) is 0 Å². The Hall–Kier alpha value is -1.14. The molecule has 0 amide bonds. The van der Waals surface area contributed by atoms with Gasteiger partial charge in [-0.3, -0.25) is 9.59 Å². The van der Waals surface area contributed by atoms with E-state index < -0.39 is 36.0 Å². The fraction of sp³-hybridized carbons (Fsp3) is 0.750. The van der Waals surface area contributed by atoms with Crippen LogP contribution in [0.1, 0.15) is 0 Å². The number of hydrogen-bond donors (Lipinski definition) is 2. The van der Waals surface area contributed by atoms with Crippen LogP contribution in [-0.2, 0) is 19.1 Å². The molecule has 6 heteroatoms. The highest BCUT2D eigenvalue weighted by atomic mass is 16.6. The number of hydrogen-bond acceptors (Lipinski definition) is 4. The molecule has 0 saturated carbocycles. The average Bonchev–Trinajstić information content (AvgIpc) is 2.59. The van der Waals surface area contributed by atoms with Crippen molar-refractivity contribution >= 4 is 11.9 Å². The summed E-state index contributed by atoms with van der Waals surface area (Å²) in [6.45, 7) is 0.0723. The molecule has 2 fully saturated rings. The van der Waals surface area contributed by atoms with Crippen molar-refractivity contribution in [3.8, 4) is 0 Å². The van der Waals surface area contributed by atoms with E-state index in [1.165, 1.54) is 0 Å². The molecular weight excluding hydrogens is 192 g/mol. The lowest BCUT2D eigenvalue weighted by Gasteiger charge is -2.11. The number of fused-ring (bicyclic) bond motifs is 1. The van der Waals surface area contributed by atoms with Crippen molar-refractivity contribution in [2.24, 2.45) is 11.8 Å². The van der Waals surface area contributed by atoms with Crippen molar-refractivity contribution in [3.63, 3.8) is 0 Å². The maximum atomic E-state index is 10.7. The summed E-state index contributed by atoms with van der Waals surface area (Å²) < 4.78 is 10.3. The third kappa shape index (κ3) is 1.27. The first kappa shape index (κ1) is 9.42. The molecule has 2 aliphatic heterocycles. The van der Waals surface area contributed by atoms with Gasteiger partial charge >= 0.3 is 11.9 Å². The normalized spacial score (nSPS) is 40.9. The Kier molecular flexibility index (Phi) is 2.16. The molecule has 4 atom stereocenters. The molecule has 0 aromatic rings. The van der Waals surface area contributed by atoms with E-state index in [2.05, 4.69) is 0 Å². The largest absolute Gasteiger partial charge is 0.481 e. The minimum atomic E-state index is -0.997. The summed E-state index contributed by atoms with van der Waals surface area (Å²) >= 11 is 0. The van der Waals surface area contributed by atoms with Crippen molar-refractivity contribution < 1.29 is 29.3 Å². The number of aliphatic carboxylic acids is 2. The van der Waals surface area contributed by atoms with E-state index in [0.717, 1.165) is 0 Å². The number of ether oxygens (including phenoxy) is 2. The average molecular weight is 202 g/mol. The maximum Gasteiger partial charge on any atom is 0.311 e. The Morgan fingerprint density at radius 2 is 1.29 bits per heavy atom. The highest BCUT2D eigenvalue weighted by Gasteiger charge is 2.52. The van der Waals surface area contributed by atoms with Crippen molar-refractivity contribution in [1.82, 2.24) is 0 Å². The Morgan fingerprint density at radius 3 is 1.57 bits per heavy atom. The van der Waals surface area contributed by atoms with Gasteiger partial charge in [-0.15, -0.1) is 0 Å². The van der Waals surface area contributed by atoms with Gasteiger partial charge in [-0.25, -0.2) is 0 Å². The zero-order valence-electron chi connectivity index (χ0n) is 7.25. The van der Waals surface area contributed by atoms with Crippen LogP contribution >= 0.6 is 0 Å². The summed E-state index contributed by atoms with van der Waals surface area (Å²) in [6.07, 6.45) is -1.21. The fourth-order valence-electron chi connectivity index (χ4n) is 1.92. The Labute approximate surface area is 79.4 Å². The van der Waals surface area contributed by atoms with Gasteiger partial charge in [0.05, 0.1) is 13.2 Å². The Bertz CT molecular complexity index is 247. The zero-order valence-corrected chi connectivity index (χ0v) is 7.25. The molecular formula is C8H10O6. The van der Waals surface area contributed by atoms with Crippen LogP contribution in [0.3, 0.4) is 0 Å². The van der Waals surface area contributed by atoms with Gasteiger partial charge in [0.15, 0.2) is 0 Å². The molecule has 0 aliphatic carbocycles. The summed E-state index contributed by atoms with van der Waals surface area (Å²) in [5.74, 6) is -3.46. The van der Waals surface area contributed by atoms with Gasteiger partial charge in [0, 0.05) is 0 Å². The third-order valence-electron chi connectivity index (χ3n) is 2.69. The lowest BCUT2D eigenvalue weighted by atomic mass is 9.97. The lowest BCUT2D eigenvalue weighted by Crippen LogP contribution is -2.32. The van der Waals surface area contributed by atoms with Crippen LogP contribution in [0.15, 0.2) is 0 Å². The second-order valence-electron chi connectivity index (χ2n) is 3.49. The van der Waals surface area contributed by atoms with E-state index in [1.807, 2.05) is 0 Å². The van der Waals surface area contributed by atoms with E-state index >= 15 is 0 Å². The number of carbonyl (C=O) groups is 2. The SMILES string of the molecule is O=C(O)C1COC2C(C(=O)O)COC12. The van der Waals surface area contributed by atoms with Gasteiger partial charge < -0.3 is 19.7 Å². The molecule has 0 bridgehead atoms. The fourth-order valence-corrected chi connectivity index (χ4v) is 1.92. The van der Waals surface area contributed by atoms with Crippen LogP contribution < -0.4 is 0 Å². The molecule has 0 aromatic carbocycles. The smallest absolute Gasteiger partial charge is 0.311 e. The highest BCUT2D eigenvalue weighted by Crippen LogP contribution is 2.34. The Morgan fingerprint density at radius 1 is 0.929 bits per heavy atom. The minimum absolute atomic E-state index is 0.0362. The van der Waals surface area contributed by atoms with Gasteiger partial charge in [-0.2, -0.15) is 0 Å². The molecule has 6 nitrogen and oxygen atoms in total. The standard InChI is InChI=1S/C8H10O6/c9-7(10)3-1-13-6-4(8(11)12)2-14-5(3)6/h3-6H,1-2H2,(H,9,10)(H,11,12). The summed E-state index contributed by atoms with van der Waals surface area (Å²) in [5, 5.41) is 17.6. The number of carboxylic acids is 2. The highest BCUT2D eigenvalue weighted by molar-refractivity contribution is 5.74. The van der Waals surface area contributed by atoms with Gasteiger partial charge in [-0.05, 0) is 0 Å². The molecule has 4 unspecified atom stereocenters. The monoisotopic (exact) mass is 202 g/mol. The number of carboxylic acid groups (broad SMARTS) is 2. The number of rotatable bonds is 2. The van der Waals surface area contributed by atoms with Crippen LogP contribution in [0.5, 0.6) is 0 Å². The van der Waals surface area contributed by atoms with Crippen LogP contribution in [0, 0.1) is 11.8 Å². The molecule has 78 valence electrons. The van der Waals surface area contributed by atoms with Crippen LogP contribution in [0.25, 0.3) is 0 Å². The van der Waals surface area contributed by atoms with Crippen molar-refractivity contribution in [2.75, 3.05) is 13.2 Å². The first-order valence-electron chi connectivity index (χ1n) is 4.30. The molecule has 2 N–H and O–H groups in total. The molecule has 0 radical (unpaired) electrons. The lowest BCUT2D eigenvalue weighted by molar-refractivity contribution is -0.145. The topological polar surface area (TPSA) is 93.1 Å². The summed E-state index contributed by atoms with van der Waals surface area (Å²) in [7, 11) is 0. The molecule has 2 aliphatic rings. The van der Waals surface area contributed by atoms with Gasteiger partial charge in [0.25, 0.3) is 0 Å². The second kappa shape index (κ2) is 3.21. The maximum absolute atomic E-state index is 10.7. The third-order valence-corrected chi connectivity index (χ3v) is 2.69. The van der Waals surface area contributed by atoms with Gasteiger partial charge in [-0.1, -0.05) is 0 Å². The molecule has 0 spiro atoms. The van der Waals surface area contributed by atoms with Crippen molar-refractivity contribution in [2.45, 2.75) is 12.2 Å². The van der Waals surface area contributed by atoms with Crippen molar-refractivity contribution in [3.05, 3.63) is 0 Å². The first-order chi connectivity index (χ1) is 6.61. The first-order valence-corrected chi connectivity index (χ1v) is 4.30.